The first kappa shape index (κ1) is 14.0. The molecule has 17 heavy (non-hydrogen) atoms. The highest BCUT2D eigenvalue weighted by atomic mass is 32.1. The lowest BCUT2D eigenvalue weighted by Crippen LogP contribution is -2.11. The molecule has 1 aromatic rings. The van der Waals surface area contributed by atoms with Crippen LogP contribution in [0, 0.1) is 0 Å². The molecule has 94 valence electrons. The van der Waals surface area contributed by atoms with Crippen molar-refractivity contribution >= 4 is 23.6 Å². The molecular weight excluding hydrogens is 236 g/mol. The van der Waals surface area contributed by atoms with Gasteiger partial charge in [-0.25, -0.2) is 4.98 Å². The maximum atomic E-state index is 10.9. The molecular formula is C12H18N2O2S. The number of aromatic nitrogens is 1. The molecule has 0 fully saturated rings. The number of nitrogens with one attached hydrogen (secondary N) is 1. The van der Waals surface area contributed by atoms with Gasteiger partial charge in [-0.2, -0.15) is 0 Å². The van der Waals surface area contributed by atoms with E-state index in [0.29, 0.717) is 18.7 Å². The summed E-state index contributed by atoms with van der Waals surface area (Å²) < 4.78 is 5.40. The van der Waals surface area contributed by atoms with E-state index in [2.05, 4.69) is 29.9 Å². The van der Waals surface area contributed by atoms with E-state index < -0.39 is 0 Å². The third-order valence-corrected chi connectivity index (χ3v) is 2.46. The average Bonchev–Trinajstić information content (AvgIpc) is 2.34. The molecule has 0 atom stereocenters. The molecule has 0 bridgehead atoms. The maximum Gasteiger partial charge on any atom is 0.217 e. The number of hydrogen-bond donors (Lipinski definition) is 2. The Bertz CT molecular complexity index is 341. The summed E-state index contributed by atoms with van der Waals surface area (Å²) in [6.45, 7) is 4.31. The molecule has 1 rings (SSSR count). The quantitative estimate of drug-likeness (QED) is 0.552. The predicted molar refractivity (Wildman–Crippen MR) is 71.8 cm³/mol. The first-order valence-electron chi connectivity index (χ1n) is 5.75. The molecule has 1 aromatic heterocycles. The first-order chi connectivity index (χ1) is 8.24. The predicted octanol–water partition coefficient (Wildman–Crippen LogP) is 2.38. The minimum Gasteiger partial charge on any atom is -0.380 e. The van der Waals surface area contributed by atoms with Gasteiger partial charge in [0.25, 0.3) is 0 Å². The van der Waals surface area contributed by atoms with Crippen LogP contribution >= 0.6 is 12.6 Å². The first-order valence-corrected chi connectivity index (χ1v) is 6.19. The van der Waals surface area contributed by atoms with Gasteiger partial charge in [-0.15, -0.1) is 12.6 Å². The van der Waals surface area contributed by atoms with E-state index in [1.54, 1.807) is 12.1 Å². The number of pyridine rings is 1. The lowest BCUT2D eigenvalue weighted by molar-refractivity contribution is 0.109. The van der Waals surface area contributed by atoms with E-state index in [4.69, 9.17) is 4.74 Å². The van der Waals surface area contributed by atoms with Gasteiger partial charge in [0, 0.05) is 24.9 Å². The highest BCUT2D eigenvalue weighted by Gasteiger charge is 2.00. The summed E-state index contributed by atoms with van der Waals surface area (Å²) in [5.74, 6) is 0.738. The Morgan fingerprint density at radius 1 is 1.47 bits per heavy atom. The summed E-state index contributed by atoms with van der Waals surface area (Å²) in [5.41, 5.74) is 0.498. The van der Waals surface area contributed by atoms with Crippen molar-refractivity contribution in [2.24, 2.45) is 0 Å². The number of carbonyl (C=O) groups is 1. The van der Waals surface area contributed by atoms with Crippen molar-refractivity contribution < 1.29 is 9.53 Å². The zero-order valence-electron chi connectivity index (χ0n) is 9.98. The van der Waals surface area contributed by atoms with Gasteiger partial charge in [0.2, 0.25) is 5.12 Å². The molecule has 1 N–H and O–H groups in total. The van der Waals surface area contributed by atoms with Crippen molar-refractivity contribution in [3.8, 4) is 0 Å². The van der Waals surface area contributed by atoms with Gasteiger partial charge in [-0.1, -0.05) is 13.3 Å². The molecule has 0 radical (unpaired) electrons. The maximum absolute atomic E-state index is 10.9. The van der Waals surface area contributed by atoms with Gasteiger partial charge in [0.1, 0.15) is 5.82 Å². The third-order valence-electron chi connectivity index (χ3n) is 2.21. The molecule has 5 heteroatoms. The summed E-state index contributed by atoms with van der Waals surface area (Å²) >= 11 is 3.72. The van der Waals surface area contributed by atoms with Crippen LogP contribution in [-0.2, 0) is 4.74 Å². The normalized spacial score (nSPS) is 10.2. The summed E-state index contributed by atoms with van der Waals surface area (Å²) in [6.07, 6.45) is 3.75. The van der Waals surface area contributed by atoms with Gasteiger partial charge in [0.05, 0.1) is 6.61 Å². The Morgan fingerprint density at radius 3 is 2.88 bits per heavy atom. The summed E-state index contributed by atoms with van der Waals surface area (Å²) in [7, 11) is 0. The van der Waals surface area contributed by atoms with E-state index in [9.17, 15) is 4.79 Å². The fourth-order valence-corrected chi connectivity index (χ4v) is 1.36. The van der Waals surface area contributed by atoms with Gasteiger partial charge < -0.3 is 10.1 Å². The second-order valence-corrected chi connectivity index (χ2v) is 4.04. The SMILES string of the molecule is CCCCOCCNc1ccc(C(=O)S)cn1. The number of nitrogens with zero attached hydrogens (tertiary/aromatic N) is 1. The molecule has 0 aliphatic carbocycles. The third kappa shape index (κ3) is 5.70. The van der Waals surface area contributed by atoms with Gasteiger partial charge in [-0.3, -0.25) is 4.79 Å². The van der Waals surface area contributed by atoms with Crippen LogP contribution in [0.25, 0.3) is 0 Å². The summed E-state index contributed by atoms with van der Waals surface area (Å²) in [5, 5.41) is 2.84. The standard InChI is InChI=1S/C12H18N2O2S/c1-2-3-7-16-8-6-13-11-5-4-10(9-14-11)12(15)17/h4-5,9H,2-3,6-8H2,1H3,(H,13,14)(H,15,17). The van der Waals surface area contributed by atoms with Crippen LogP contribution in [0.5, 0.6) is 0 Å². The van der Waals surface area contributed by atoms with Crippen molar-refractivity contribution in [1.29, 1.82) is 0 Å². The molecule has 0 aliphatic heterocycles. The van der Waals surface area contributed by atoms with Crippen LogP contribution in [0.2, 0.25) is 0 Å². The van der Waals surface area contributed by atoms with Crippen molar-refractivity contribution in [1.82, 2.24) is 4.98 Å². The molecule has 0 spiro atoms. The van der Waals surface area contributed by atoms with Crippen LogP contribution in [-0.4, -0.2) is 29.9 Å². The number of carbonyl (C=O) groups excluding carboxylic acids is 1. The summed E-state index contributed by atoms with van der Waals surface area (Å²) in [6, 6.07) is 3.46. The van der Waals surface area contributed by atoms with Crippen molar-refractivity contribution in [3.05, 3.63) is 23.9 Å². The lowest BCUT2D eigenvalue weighted by Gasteiger charge is -2.06. The molecule has 0 aliphatic rings. The number of unbranched alkanes of at least 4 members (excludes halogenated alkanes) is 1. The number of anilines is 1. The van der Waals surface area contributed by atoms with Gasteiger partial charge in [0.15, 0.2) is 0 Å². The zero-order chi connectivity index (χ0) is 12.5. The number of thiol groups is 1. The second-order valence-electron chi connectivity index (χ2n) is 3.63. The molecule has 0 unspecified atom stereocenters. The minimum absolute atomic E-state index is 0.271. The zero-order valence-corrected chi connectivity index (χ0v) is 10.9. The van der Waals surface area contributed by atoms with Crippen LogP contribution in [0.15, 0.2) is 18.3 Å². The number of ether oxygens (including phenoxy) is 1. The Balaban J connectivity index is 2.21. The van der Waals surface area contributed by atoms with E-state index in [1.807, 2.05) is 0 Å². The largest absolute Gasteiger partial charge is 0.380 e. The Hall–Kier alpha value is -1.07. The number of hydrogen-bond acceptors (Lipinski definition) is 4. The van der Waals surface area contributed by atoms with E-state index in [0.717, 1.165) is 25.3 Å². The van der Waals surface area contributed by atoms with Crippen molar-refractivity contribution in [3.63, 3.8) is 0 Å². The Kier molecular flexibility index (Phi) is 6.65. The van der Waals surface area contributed by atoms with Crippen LogP contribution < -0.4 is 5.32 Å². The Morgan fingerprint density at radius 2 is 2.29 bits per heavy atom. The van der Waals surface area contributed by atoms with E-state index in [-0.39, 0.29) is 5.12 Å². The molecule has 0 saturated heterocycles. The van der Waals surface area contributed by atoms with E-state index in [1.165, 1.54) is 6.20 Å². The highest BCUT2D eigenvalue weighted by Crippen LogP contribution is 2.06. The molecule has 0 amide bonds. The van der Waals surface area contributed by atoms with Crippen LogP contribution in [0.3, 0.4) is 0 Å². The van der Waals surface area contributed by atoms with E-state index >= 15 is 0 Å². The fraction of sp³-hybridized carbons (Fsp3) is 0.500. The highest BCUT2D eigenvalue weighted by molar-refractivity contribution is 7.97. The number of rotatable bonds is 8. The molecule has 0 aromatic carbocycles. The molecule has 1 heterocycles. The summed E-state index contributed by atoms with van der Waals surface area (Å²) in [4.78, 5) is 15.0. The smallest absolute Gasteiger partial charge is 0.217 e. The fourth-order valence-electron chi connectivity index (χ4n) is 1.22. The topological polar surface area (TPSA) is 51.2 Å². The van der Waals surface area contributed by atoms with Crippen LogP contribution in [0.4, 0.5) is 5.82 Å². The van der Waals surface area contributed by atoms with Crippen molar-refractivity contribution in [2.45, 2.75) is 19.8 Å². The second kappa shape index (κ2) is 8.08. The van der Waals surface area contributed by atoms with Gasteiger partial charge >= 0.3 is 0 Å². The van der Waals surface area contributed by atoms with Crippen LogP contribution in [0.1, 0.15) is 30.1 Å². The average molecular weight is 254 g/mol. The monoisotopic (exact) mass is 254 g/mol. The molecule has 4 nitrogen and oxygen atoms in total. The van der Waals surface area contributed by atoms with Gasteiger partial charge in [-0.05, 0) is 18.6 Å². The minimum atomic E-state index is -0.271. The lowest BCUT2D eigenvalue weighted by atomic mass is 10.3. The molecule has 0 saturated carbocycles. The van der Waals surface area contributed by atoms with Crippen molar-refractivity contribution in [2.75, 3.05) is 25.1 Å². The Labute approximate surface area is 107 Å².